The molecule has 0 atom stereocenters. The van der Waals surface area contributed by atoms with E-state index in [1.807, 2.05) is 36.4 Å². The Hall–Kier alpha value is -2.85. The van der Waals surface area contributed by atoms with Gasteiger partial charge in [-0.1, -0.05) is 72.3 Å². The Bertz CT molecular complexity index is 1010. The van der Waals surface area contributed by atoms with E-state index in [0.717, 1.165) is 23.0 Å². The van der Waals surface area contributed by atoms with E-state index in [4.69, 9.17) is 17.3 Å². The van der Waals surface area contributed by atoms with E-state index in [0.29, 0.717) is 11.7 Å². The highest BCUT2D eigenvalue weighted by Crippen LogP contribution is 2.29. The van der Waals surface area contributed by atoms with Crippen molar-refractivity contribution in [1.29, 1.82) is 0 Å². The van der Waals surface area contributed by atoms with Crippen LogP contribution in [0.4, 0.5) is 5.95 Å². The molecule has 2 N–H and O–H groups in total. The zero-order valence-electron chi connectivity index (χ0n) is 13.6. The van der Waals surface area contributed by atoms with E-state index >= 15 is 0 Å². The SMILES string of the molecule is Nc1nc(Cl)c2c(Cc3ccccc3)cn(Cc3ccccc3)c2n1. The minimum atomic E-state index is 0.191. The van der Waals surface area contributed by atoms with Crippen LogP contribution in [0.1, 0.15) is 16.7 Å². The lowest BCUT2D eigenvalue weighted by atomic mass is 10.1. The second kappa shape index (κ2) is 6.57. The van der Waals surface area contributed by atoms with Crippen LogP contribution in [0.15, 0.2) is 66.9 Å². The van der Waals surface area contributed by atoms with Crippen LogP contribution < -0.4 is 5.73 Å². The number of benzene rings is 2. The first-order valence-electron chi connectivity index (χ1n) is 8.09. The Labute approximate surface area is 150 Å². The summed E-state index contributed by atoms with van der Waals surface area (Å²) in [5, 5.41) is 1.27. The molecule has 0 spiro atoms. The number of fused-ring (bicyclic) bond motifs is 1. The van der Waals surface area contributed by atoms with Crippen LogP contribution in [-0.2, 0) is 13.0 Å². The molecule has 4 aromatic rings. The molecule has 124 valence electrons. The number of hydrogen-bond donors (Lipinski definition) is 1. The second-order valence-electron chi connectivity index (χ2n) is 6.00. The maximum atomic E-state index is 6.41. The van der Waals surface area contributed by atoms with Gasteiger partial charge in [-0.25, -0.2) is 4.98 Å². The van der Waals surface area contributed by atoms with Gasteiger partial charge < -0.3 is 10.3 Å². The van der Waals surface area contributed by atoms with Crippen molar-refractivity contribution in [3.8, 4) is 0 Å². The van der Waals surface area contributed by atoms with Gasteiger partial charge in [0.15, 0.2) is 0 Å². The fourth-order valence-corrected chi connectivity index (χ4v) is 3.38. The largest absolute Gasteiger partial charge is 0.368 e. The zero-order valence-corrected chi connectivity index (χ0v) is 14.3. The van der Waals surface area contributed by atoms with Gasteiger partial charge in [0.1, 0.15) is 10.8 Å². The first kappa shape index (κ1) is 15.7. The highest BCUT2D eigenvalue weighted by Gasteiger charge is 2.16. The fourth-order valence-electron chi connectivity index (χ4n) is 3.09. The van der Waals surface area contributed by atoms with Crippen molar-refractivity contribution in [2.75, 3.05) is 5.73 Å². The maximum absolute atomic E-state index is 6.41. The van der Waals surface area contributed by atoms with Crippen LogP contribution in [-0.4, -0.2) is 14.5 Å². The molecule has 0 bridgehead atoms. The summed E-state index contributed by atoms with van der Waals surface area (Å²) in [5.74, 6) is 0.191. The molecule has 0 aliphatic rings. The Balaban J connectivity index is 1.83. The van der Waals surface area contributed by atoms with Crippen molar-refractivity contribution >= 4 is 28.6 Å². The third-order valence-corrected chi connectivity index (χ3v) is 4.47. The average molecular weight is 349 g/mol. The molecule has 5 heteroatoms. The minimum Gasteiger partial charge on any atom is -0.368 e. The van der Waals surface area contributed by atoms with Crippen molar-refractivity contribution in [3.63, 3.8) is 0 Å². The van der Waals surface area contributed by atoms with Crippen molar-refractivity contribution in [2.24, 2.45) is 0 Å². The fraction of sp³-hybridized carbons (Fsp3) is 0.100. The van der Waals surface area contributed by atoms with Gasteiger partial charge in [-0.05, 0) is 23.1 Å². The van der Waals surface area contributed by atoms with E-state index in [1.165, 1.54) is 11.1 Å². The number of nitrogens with two attached hydrogens (primary N) is 1. The smallest absolute Gasteiger partial charge is 0.223 e. The van der Waals surface area contributed by atoms with Gasteiger partial charge >= 0.3 is 0 Å². The van der Waals surface area contributed by atoms with E-state index in [1.54, 1.807) is 0 Å². The first-order valence-corrected chi connectivity index (χ1v) is 8.47. The van der Waals surface area contributed by atoms with Crippen LogP contribution in [0.25, 0.3) is 11.0 Å². The van der Waals surface area contributed by atoms with Crippen LogP contribution in [0.3, 0.4) is 0 Å². The first-order chi connectivity index (χ1) is 12.2. The molecular weight excluding hydrogens is 332 g/mol. The summed E-state index contributed by atoms with van der Waals surface area (Å²) in [6, 6.07) is 20.5. The molecule has 25 heavy (non-hydrogen) atoms. The summed E-state index contributed by atoms with van der Waals surface area (Å²) in [5.41, 5.74) is 10.1. The third-order valence-electron chi connectivity index (χ3n) is 4.20. The van der Waals surface area contributed by atoms with Gasteiger partial charge in [-0.3, -0.25) is 0 Å². The lowest BCUT2D eigenvalue weighted by Crippen LogP contribution is -2.02. The van der Waals surface area contributed by atoms with E-state index in [9.17, 15) is 0 Å². The zero-order chi connectivity index (χ0) is 17.2. The summed E-state index contributed by atoms with van der Waals surface area (Å²) in [7, 11) is 0. The van der Waals surface area contributed by atoms with Gasteiger partial charge in [-0.15, -0.1) is 0 Å². The predicted octanol–water partition coefficient (Wildman–Crippen LogP) is 4.31. The van der Waals surface area contributed by atoms with E-state index < -0.39 is 0 Å². The monoisotopic (exact) mass is 348 g/mol. The Morgan fingerprint density at radius 1 is 0.880 bits per heavy atom. The van der Waals surface area contributed by atoms with Crippen molar-refractivity contribution in [3.05, 3.63) is 88.7 Å². The summed E-state index contributed by atoms with van der Waals surface area (Å²) in [6.07, 6.45) is 2.87. The summed E-state index contributed by atoms with van der Waals surface area (Å²) >= 11 is 6.41. The molecule has 0 amide bonds. The Morgan fingerprint density at radius 2 is 1.52 bits per heavy atom. The standard InChI is InChI=1S/C20H17ClN4/c21-18-17-16(11-14-7-3-1-4-8-14)13-25(19(17)24-20(22)23-18)12-15-9-5-2-6-10-15/h1-10,13H,11-12H2,(H2,22,23,24). The maximum Gasteiger partial charge on any atom is 0.223 e. The summed E-state index contributed by atoms with van der Waals surface area (Å²) < 4.78 is 2.09. The summed E-state index contributed by atoms with van der Waals surface area (Å²) in [6.45, 7) is 0.707. The number of aromatic nitrogens is 3. The molecular formula is C20H17ClN4. The molecule has 0 fully saturated rings. The Kier molecular flexibility index (Phi) is 4.12. The molecule has 0 aliphatic heterocycles. The lowest BCUT2D eigenvalue weighted by Gasteiger charge is -2.05. The van der Waals surface area contributed by atoms with Gasteiger partial charge in [-0.2, -0.15) is 4.98 Å². The second-order valence-corrected chi connectivity index (χ2v) is 6.36. The molecule has 0 saturated heterocycles. The number of rotatable bonds is 4. The molecule has 0 saturated carbocycles. The predicted molar refractivity (Wildman–Crippen MR) is 102 cm³/mol. The number of nitrogen functional groups attached to an aromatic ring is 1. The topological polar surface area (TPSA) is 56.7 Å². The average Bonchev–Trinajstić information content (AvgIpc) is 2.94. The third kappa shape index (κ3) is 3.21. The molecule has 0 unspecified atom stereocenters. The highest BCUT2D eigenvalue weighted by atomic mass is 35.5. The number of halogens is 1. The van der Waals surface area contributed by atoms with Crippen LogP contribution >= 0.6 is 11.6 Å². The van der Waals surface area contributed by atoms with Crippen molar-refractivity contribution in [2.45, 2.75) is 13.0 Å². The molecule has 4 rings (SSSR count). The van der Waals surface area contributed by atoms with Crippen LogP contribution in [0.5, 0.6) is 0 Å². The van der Waals surface area contributed by atoms with Gasteiger partial charge in [0, 0.05) is 12.7 Å². The minimum absolute atomic E-state index is 0.191. The molecule has 0 aliphatic carbocycles. The molecule has 2 heterocycles. The lowest BCUT2D eigenvalue weighted by molar-refractivity contribution is 0.820. The van der Waals surface area contributed by atoms with Gasteiger partial charge in [0.2, 0.25) is 5.95 Å². The normalized spacial score (nSPS) is 11.1. The van der Waals surface area contributed by atoms with Gasteiger partial charge in [0.25, 0.3) is 0 Å². The van der Waals surface area contributed by atoms with Gasteiger partial charge in [0.05, 0.1) is 5.39 Å². The number of nitrogens with zero attached hydrogens (tertiary/aromatic N) is 3. The van der Waals surface area contributed by atoms with Crippen LogP contribution in [0.2, 0.25) is 5.15 Å². The molecule has 0 radical (unpaired) electrons. The van der Waals surface area contributed by atoms with Crippen molar-refractivity contribution < 1.29 is 0 Å². The van der Waals surface area contributed by atoms with Crippen molar-refractivity contribution in [1.82, 2.24) is 14.5 Å². The van der Waals surface area contributed by atoms with E-state index in [-0.39, 0.29) is 5.95 Å². The quantitative estimate of drug-likeness (QED) is 0.559. The highest BCUT2D eigenvalue weighted by molar-refractivity contribution is 6.34. The number of anilines is 1. The Morgan fingerprint density at radius 3 is 2.20 bits per heavy atom. The van der Waals surface area contributed by atoms with E-state index in [2.05, 4.69) is 45.0 Å². The molecule has 2 aromatic heterocycles. The number of hydrogen-bond acceptors (Lipinski definition) is 3. The molecule has 2 aromatic carbocycles. The molecule has 4 nitrogen and oxygen atoms in total. The summed E-state index contributed by atoms with van der Waals surface area (Å²) in [4.78, 5) is 8.58. The van der Waals surface area contributed by atoms with Crippen LogP contribution in [0, 0.1) is 0 Å².